The van der Waals surface area contributed by atoms with Crippen LogP contribution in [-0.2, 0) is 9.59 Å². The third-order valence-corrected chi connectivity index (χ3v) is 1.84. The lowest BCUT2D eigenvalue weighted by molar-refractivity contribution is -0.146. The van der Waals surface area contributed by atoms with Crippen LogP contribution in [0.3, 0.4) is 0 Å². The van der Waals surface area contributed by atoms with Crippen LogP contribution >= 0.6 is 12.4 Å². The summed E-state index contributed by atoms with van der Waals surface area (Å²) in [5, 5.41) is 8.44. The summed E-state index contributed by atoms with van der Waals surface area (Å²) in [5.74, 6) is -1.06. The van der Waals surface area contributed by atoms with Gasteiger partial charge >= 0.3 is 5.97 Å². The van der Waals surface area contributed by atoms with E-state index in [0.29, 0.717) is 13.1 Å². The molecule has 1 amide bonds. The minimum absolute atomic E-state index is 0. The van der Waals surface area contributed by atoms with Crippen molar-refractivity contribution in [2.45, 2.75) is 0 Å². The molecule has 1 aliphatic heterocycles. The zero-order valence-corrected chi connectivity index (χ0v) is 8.21. The lowest BCUT2D eigenvalue weighted by Crippen LogP contribution is -2.50. The number of carbonyl (C=O) groups excluding carboxylic acids is 1. The summed E-state index contributed by atoms with van der Waals surface area (Å²) in [6.07, 6.45) is 0. The van der Waals surface area contributed by atoms with Gasteiger partial charge in [0.05, 0.1) is 6.54 Å². The summed E-state index contributed by atoms with van der Waals surface area (Å²) in [4.78, 5) is 24.7. The quantitative estimate of drug-likeness (QED) is 0.650. The molecule has 1 N–H and O–H groups in total. The highest BCUT2D eigenvalue weighted by Crippen LogP contribution is 1.99. The molecule has 1 heterocycles. The van der Waals surface area contributed by atoms with Gasteiger partial charge in [-0.2, -0.15) is 0 Å². The Morgan fingerprint density at radius 1 is 1.54 bits per heavy atom. The number of aliphatic carboxylic acids is 1. The number of carbonyl (C=O) groups is 2. The van der Waals surface area contributed by atoms with E-state index in [-0.39, 0.29) is 24.9 Å². The van der Waals surface area contributed by atoms with Crippen LogP contribution in [0.4, 0.5) is 0 Å². The summed E-state index contributed by atoms with van der Waals surface area (Å²) in [7, 11) is 1.84. The van der Waals surface area contributed by atoms with E-state index in [0.717, 1.165) is 6.54 Å². The van der Waals surface area contributed by atoms with Crippen molar-refractivity contribution in [2.24, 2.45) is 0 Å². The van der Waals surface area contributed by atoms with Gasteiger partial charge in [0.15, 0.2) is 0 Å². The molecule has 0 aromatic heterocycles. The van der Waals surface area contributed by atoms with Crippen LogP contribution in [0.5, 0.6) is 0 Å². The van der Waals surface area contributed by atoms with Crippen molar-refractivity contribution in [3.8, 4) is 0 Å². The van der Waals surface area contributed by atoms with Crippen LogP contribution in [0.1, 0.15) is 0 Å². The summed E-state index contributed by atoms with van der Waals surface area (Å²) < 4.78 is 0. The fourth-order valence-electron chi connectivity index (χ4n) is 1.16. The molecule has 1 rings (SSSR count). The number of amides is 1. The van der Waals surface area contributed by atoms with Crippen molar-refractivity contribution in [3.63, 3.8) is 0 Å². The minimum Gasteiger partial charge on any atom is -0.480 e. The first-order valence-electron chi connectivity index (χ1n) is 3.77. The molecule has 0 saturated carbocycles. The average molecular weight is 209 g/mol. The van der Waals surface area contributed by atoms with E-state index in [1.807, 2.05) is 11.9 Å². The van der Waals surface area contributed by atoms with Gasteiger partial charge < -0.3 is 10.0 Å². The number of rotatable bonds is 2. The normalized spacial score (nSPS) is 18.2. The highest BCUT2D eigenvalue weighted by Gasteiger charge is 2.22. The fraction of sp³-hybridized carbons (Fsp3) is 0.714. The number of halogens is 1. The Morgan fingerprint density at radius 3 is 2.62 bits per heavy atom. The monoisotopic (exact) mass is 208 g/mol. The van der Waals surface area contributed by atoms with Crippen LogP contribution < -0.4 is 0 Å². The third kappa shape index (κ3) is 3.61. The maximum absolute atomic E-state index is 11.2. The van der Waals surface area contributed by atoms with Crippen molar-refractivity contribution in [1.29, 1.82) is 0 Å². The van der Waals surface area contributed by atoms with Crippen molar-refractivity contribution >= 4 is 24.3 Å². The number of likely N-dealkylation sites (N-methyl/N-ethyl adjacent to an activating group) is 1. The van der Waals surface area contributed by atoms with Crippen LogP contribution in [0.25, 0.3) is 0 Å². The SMILES string of the molecule is CN1CCN(CC(=O)O)C(=O)C1.Cl. The maximum Gasteiger partial charge on any atom is 0.323 e. The Hall–Kier alpha value is -0.810. The number of hydrogen-bond acceptors (Lipinski definition) is 3. The highest BCUT2D eigenvalue weighted by atomic mass is 35.5. The lowest BCUT2D eigenvalue weighted by atomic mass is 10.3. The molecule has 0 unspecified atom stereocenters. The molecule has 0 atom stereocenters. The van der Waals surface area contributed by atoms with Gasteiger partial charge in [-0.3, -0.25) is 14.5 Å². The molecule has 0 spiro atoms. The highest BCUT2D eigenvalue weighted by molar-refractivity contribution is 5.85. The molecular weight excluding hydrogens is 196 g/mol. The topological polar surface area (TPSA) is 60.9 Å². The van der Waals surface area contributed by atoms with Crippen molar-refractivity contribution in [1.82, 2.24) is 9.80 Å². The molecule has 0 aliphatic carbocycles. The van der Waals surface area contributed by atoms with Crippen LogP contribution in [0.2, 0.25) is 0 Å². The molecule has 5 nitrogen and oxygen atoms in total. The van der Waals surface area contributed by atoms with Gasteiger partial charge in [-0.05, 0) is 7.05 Å². The molecule has 0 bridgehead atoms. The van der Waals surface area contributed by atoms with E-state index in [1.165, 1.54) is 4.90 Å². The molecule has 13 heavy (non-hydrogen) atoms. The number of carboxylic acid groups (broad SMARTS) is 1. The molecule has 1 aliphatic rings. The van der Waals surface area contributed by atoms with E-state index < -0.39 is 5.97 Å². The first-order valence-corrected chi connectivity index (χ1v) is 3.77. The molecule has 1 fully saturated rings. The summed E-state index contributed by atoms with van der Waals surface area (Å²) in [6.45, 7) is 1.42. The standard InChI is InChI=1S/C7H12N2O3.ClH/c1-8-2-3-9(5-7(11)12)6(10)4-8;/h2-5H2,1H3,(H,11,12);1H. The summed E-state index contributed by atoms with van der Waals surface area (Å²) in [6, 6.07) is 0. The van der Waals surface area contributed by atoms with Gasteiger partial charge in [-0.25, -0.2) is 0 Å². The second-order valence-corrected chi connectivity index (χ2v) is 2.95. The minimum atomic E-state index is -0.951. The van der Waals surface area contributed by atoms with Crippen LogP contribution in [0.15, 0.2) is 0 Å². The molecule has 0 radical (unpaired) electrons. The average Bonchev–Trinajstić information content (AvgIpc) is 1.94. The second kappa shape index (κ2) is 5.04. The summed E-state index contributed by atoms with van der Waals surface area (Å²) in [5.41, 5.74) is 0. The number of hydrogen-bond donors (Lipinski definition) is 1. The Kier molecular flexibility index (Phi) is 4.72. The van der Waals surface area contributed by atoms with E-state index in [1.54, 1.807) is 0 Å². The Morgan fingerprint density at radius 2 is 2.15 bits per heavy atom. The number of carboxylic acids is 1. The zero-order valence-electron chi connectivity index (χ0n) is 7.39. The number of piperazine rings is 1. The maximum atomic E-state index is 11.2. The molecule has 1 saturated heterocycles. The predicted molar refractivity (Wildman–Crippen MR) is 49.0 cm³/mol. The summed E-state index contributed by atoms with van der Waals surface area (Å²) >= 11 is 0. The zero-order chi connectivity index (χ0) is 9.14. The number of nitrogens with zero attached hydrogens (tertiary/aromatic N) is 2. The van der Waals surface area contributed by atoms with Gasteiger partial charge in [0.2, 0.25) is 5.91 Å². The van der Waals surface area contributed by atoms with Crippen molar-refractivity contribution in [2.75, 3.05) is 33.2 Å². The molecule has 76 valence electrons. The predicted octanol–water partition coefficient (Wildman–Crippen LogP) is -0.733. The molecule has 0 aromatic rings. The van der Waals surface area contributed by atoms with Crippen LogP contribution in [-0.4, -0.2) is 60.0 Å². The fourth-order valence-corrected chi connectivity index (χ4v) is 1.16. The second-order valence-electron chi connectivity index (χ2n) is 2.95. The molecule has 0 aromatic carbocycles. The van der Waals surface area contributed by atoms with Crippen LogP contribution in [0, 0.1) is 0 Å². The lowest BCUT2D eigenvalue weighted by Gasteiger charge is -2.30. The Bertz CT molecular complexity index is 210. The molecule has 6 heteroatoms. The van der Waals surface area contributed by atoms with E-state index in [4.69, 9.17) is 5.11 Å². The largest absolute Gasteiger partial charge is 0.480 e. The Labute approximate surface area is 82.7 Å². The Balaban J connectivity index is 0.00000144. The van der Waals surface area contributed by atoms with E-state index >= 15 is 0 Å². The first-order chi connectivity index (χ1) is 5.59. The smallest absolute Gasteiger partial charge is 0.323 e. The van der Waals surface area contributed by atoms with Gasteiger partial charge in [0.25, 0.3) is 0 Å². The van der Waals surface area contributed by atoms with Gasteiger partial charge in [0.1, 0.15) is 6.54 Å². The van der Waals surface area contributed by atoms with Crippen molar-refractivity contribution < 1.29 is 14.7 Å². The van der Waals surface area contributed by atoms with Crippen molar-refractivity contribution in [3.05, 3.63) is 0 Å². The third-order valence-electron chi connectivity index (χ3n) is 1.84. The molecular formula is C7H13ClN2O3. The van der Waals surface area contributed by atoms with E-state index in [2.05, 4.69) is 0 Å². The van der Waals surface area contributed by atoms with Gasteiger partial charge in [-0.1, -0.05) is 0 Å². The first kappa shape index (κ1) is 12.2. The van der Waals surface area contributed by atoms with E-state index in [9.17, 15) is 9.59 Å². The van der Waals surface area contributed by atoms with Gasteiger partial charge in [0, 0.05) is 13.1 Å². The van der Waals surface area contributed by atoms with Gasteiger partial charge in [-0.15, -0.1) is 12.4 Å².